The second-order valence-electron chi connectivity index (χ2n) is 14.0. The SMILES string of the molecule is COC(=O)N[C@H](C(=O)N1CCC[C@H]1C(=O)Cc1ccc(NC(=O)c2ccc(NC(=O)[C@@H]3CCCN3C(=O)[C@@H](NC(=O)OC)C(C)C)cc2)cc1)C(C)C. The first kappa shape index (κ1) is 40.3. The van der Waals surface area contributed by atoms with Gasteiger partial charge in [0.2, 0.25) is 17.7 Å². The maximum atomic E-state index is 13.3. The Hall–Kier alpha value is -5.47. The third-order valence-corrected chi connectivity index (χ3v) is 9.53. The van der Waals surface area contributed by atoms with Crippen molar-refractivity contribution in [3.63, 3.8) is 0 Å². The van der Waals surface area contributed by atoms with Crippen molar-refractivity contribution in [1.82, 2.24) is 20.4 Å². The molecule has 53 heavy (non-hydrogen) atoms. The van der Waals surface area contributed by atoms with Crippen LogP contribution in [-0.2, 0) is 35.1 Å². The van der Waals surface area contributed by atoms with Crippen LogP contribution in [0.5, 0.6) is 0 Å². The lowest BCUT2D eigenvalue weighted by molar-refractivity contribution is -0.139. The van der Waals surface area contributed by atoms with Crippen LogP contribution in [-0.4, -0.2) is 103 Å². The van der Waals surface area contributed by atoms with E-state index < -0.39 is 36.4 Å². The minimum absolute atomic E-state index is 0.0993. The van der Waals surface area contributed by atoms with Gasteiger partial charge in [-0.2, -0.15) is 0 Å². The number of likely N-dealkylation sites (tertiary alicyclic amines) is 2. The molecule has 15 nitrogen and oxygen atoms in total. The standard InChI is InChI=1S/C38H50N6O9/c1-22(2)31(41-37(50)52-5)35(48)43-19-7-9-28(43)30(45)21-24-11-15-26(16-12-24)39-33(46)25-13-17-27(18-14-25)40-34(47)29-10-8-20-44(29)36(49)32(23(3)4)42-38(51)53-6/h11-18,22-23,28-29,31-32H,7-10,19-21H2,1-6H3,(H,39,46)(H,40,47)(H,41,50)(H,42,51)/t28-,29-,31-,32-/m0/s1. The summed E-state index contributed by atoms with van der Waals surface area (Å²) in [5.41, 5.74) is 2.04. The molecule has 286 valence electrons. The minimum Gasteiger partial charge on any atom is -0.453 e. The molecule has 2 heterocycles. The van der Waals surface area contributed by atoms with Gasteiger partial charge in [-0.1, -0.05) is 39.8 Å². The van der Waals surface area contributed by atoms with Gasteiger partial charge in [0.15, 0.2) is 5.78 Å². The molecule has 4 N–H and O–H groups in total. The summed E-state index contributed by atoms with van der Waals surface area (Å²) in [6.07, 6.45) is 1.01. The van der Waals surface area contributed by atoms with Crippen molar-refractivity contribution in [2.24, 2.45) is 11.8 Å². The van der Waals surface area contributed by atoms with Gasteiger partial charge in [-0.15, -0.1) is 0 Å². The number of nitrogens with zero attached hydrogens (tertiary/aromatic N) is 2. The maximum Gasteiger partial charge on any atom is 0.407 e. The van der Waals surface area contributed by atoms with Crippen LogP contribution in [0.25, 0.3) is 0 Å². The van der Waals surface area contributed by atoms with E-state index in [1.807, 2.05) is 13.8 Å². The van der Waals surface area contributed by atoms with E-state index in [0.29, 0.717) is 55.7 Å². The second kappa shape index (κ2) is 18.3. The normalized spacial score (nSPS) is 17.9. The molecule has 15 heteroatoms. The lowest BCUT2D eigenvalue weighted by Crippen LogP contribution is -2.54. The van der Waals surface area contributed by atoms with E-state index >= 15 is 0 Å². The van der Waals surface area contributed by atoms with Gasteiger partial charge < -0.3 is 40.5 Å². The Bertz CT molecular complexity index is 1660. The Balaban J connectivity index is 1.31. The minimum atomic E-state index is -0.839. The molecule has 0 radical (unpaired) electrons. The zero-order valence-electron chi connectivity index (χ0n) is 31.1. The number of ether oxygens (including phenoxy) is 2. The molecule has 2 aliphatic rings. The third-order valence-electron chi connectivity index (χ3n) is 9.53. The third kappa shape index (κ3) is 10.3. The summed E-state index contributed by atoms with van der Waals surface area (Å²) in [5.74, 6) is -1.94. The quantitative estimate of drug-likeness (QED) is 0.237. The van der Waals surface area contributed by atoms with Crippen molar-refractivity contribution >= 4 is 53.0 Å². The predicted molar refractivity (Wildman–Crippen MR) is 196 cm³/mol. The van der Waals surface area contributed by atoms with Crippen molar-refractivity contribution in [1.29, 1.82) is 0 Å². The van der Waals surface area contributed by atoms with Crippen LogP contribution in [0.1, 0.15) is 69.3 Å². The highest BCUT2D eigenvalue weighted by molar-refractivity contribution is 6.05. The second-order valence-corrected chi connectivity index (χ2v) is 14.0. The number of hydrogen-bond donors (Lipinski definition) is 4. The fourth-order valence-corrected chi connectivity index (χ4v) is 6.58. The molecule has 2 saturated heterocycles. The highest BCUT2D eigenvalue weighted by atomic mass is 16.5. The number of ketones is 1. The van der Waals surface area contributed by atoms with Gasteiger partial charge in [-0.25, -0.2) is 9.59 Å². The Morgan fingerprint density at radius 2 is 1.11 bits per heavy atom. The van der Waals surface area contributed by atoms with Crippen LogP contribution < -0.4 is 21.3 Å². The fraction of sp³-hybridized carbons (Fsp3) is 0.500. The van der Waals surface area contributed by atoms with Gasteiger partial charge in [-0.05, 0) is 79.5 Å². The molecule has 0 bridgehead atoms. The molecule has 2 aromatic rings. The molecule has 2 aromatic carbocycles. The molecule has 4 rings (SSSR count). The fourth-order valence-electron chi connectivity index (χ4n) is 6.58. The number of alkyl carbamates (subject to hydrolysis) is 2. The average Bonchev–Trinajstić information content (AvgIpc) is 3.84. The maximum absolute atomic E-state index is 13.3. The predicted octanol–water partition coefficient (Wildman–Crippen LogP) is 3.73. The van der Waals surface area contributed by atoms with E-state index in [9.17, 15) is 33.6 Å². The summed E-state index contributed by atoms with van der Waals surface area (Å²) in [7, 11) is 2.45. The van der Waals surface area contributed by atoms with Crippen LogP contribution in [0, 0.1) is 11.8 Å². The number of anilines is 2. The van der Waals surface area contributed by atoms with E-state index in [2.05, 4.69) is 30.7 Å². The van der Waals surface area contributed by atoms with Crippen molar-refractivity contribution in [2.75, 3.05) is 37.9 Å². The summed E-state index contributed by atoms with van der Waals surface area (Å²) in [6, 6.07) is 10.3. The summed E-state index contributed by atoms with van der Waals surface area (Å²) in [4.78, 5) is 92.8. The number of Topliss-reactive ketones (excluding diaryl/α,β-unsaturated/α-hetero) is 1. The molecular weight excluding hydrogens is 684 g/mol. The number of rotatable bonds is 13. The highest BCUT2D eigenvalue weighted by Gasteiger charge is 2.40. The van der Waals surface area contributed by atoms with Crippen molar-refractivity contribution in [2.45, 2.75) is 84.0 Å². The zero-order valence-corrected chi connectivity index (χ0v) is 31.1. The van der Waals surface area contributed by atoms with Gasteiger partial charge in [0.05, 0.1) is 20.3 Å². The Morgan fingerprint density at radius 3 is 1.60 bits per heavy atom. The topological polar surface area (TPSA) is 193 Å². The van der Waals surface area contributed by atoms with Gasteiger partial charge >= 0.3 is 12.2 Å². The number of methoxy groups -OCH3 is 2. The molecule has 0 aliphatic carbocycles. The zero-order chi connectivity index (χ0) is 38.8. The summed E-state index contributed by atoms with van der Waals surface area (Å²) in [6.45, 7) is 8.04. The largest absolute Gasteiger partial charge is 0.453 e. The molecule has 4 atom stereocenters. The first-order valence-corrected chi connectivity index (χ1v) is 17.9. The number of hydrogen-bond acceptors (Lipinski definition) is 9. The monoisotopic (exact) mass is 734 g/mol. The van der Waals surface area contributed by atoms with E-state index in [-0.39, 0.29) is 47.7 Å². The summed E-state index contributed by atoms with van der Waals surface area (Å²) < 4.78 is 9.33. The molecule has 0 unspecified atom stereocenters. The number of nitrogens with one attached hydrogen (secondary N) is 4. The average molecular weight is 735 g/mol. The van der Waals surface area contributed by atoms with Crippen LogP contribution >= 0.6 is 0 Å². The van der Waals surface area contributed by atoms with E-state index in [1.54, 1.807) is 67.3 Å². The van der Waals surface area contributed by atoms with E-state index in [1.165, 1.54) is 19.1 Å². The van der Waals surface area contributed by atoms with Gasteiger partial charge in [0.1, 0.15) is 18.1 Å². The van der Waals surface area contributed by atoms with Crippen LogP contribution in [0.2, 0.25) is 0 Å². The van der Waals surface area contributed by atoms with E-state index in [0.717, 1.165) is 5.56 Å². The first-order valence-electron chi connectivity index (χ1n) is 17.9. The molecular formula is C38H50N6O9. The van der Waals surface area contributed by atoms with Crippen LogP contribution in [0.15, 0.2) is 48.5 Å². The lowest BCUT2D eigenvalue weighted by Gasteiger charge is -2.30. The molecule has 6 amide bonds. The molecule has 0 saturated carbocycles. The molecule has 0 spiro atoms. The summed E-state index contributed by atoms with van der Waals surface area (Å²) in [5, 5.41) is 10.8. The molecule has 2 fully saturated rings. The number of carbonyl (C=O) groups excluding carboxylic acids is 7. The van der Waals surface area contributed by atoms with Crippen LogP contribution in [0.3, 0.4) is 0 Å². The number of benzene rings is 2. The van der Waals surface area contributed by atoms with Crippen molar-refractivity contribution in [3.8, 4) is 0 Å². The lowest BCUT2D eigenvalue weighted by atomic mass is 9.99. The van der Waals surface area contributed by atoms with Crippen molar-refractivity contribution < 1.29 is 43.0 Å². The van der Waals surface area contributed by atoms with Crippen LogP contribution in [0.4, 0.5) is 21.0 Å². The van der Waals surface area contributed by atoms with E-state index in [4.69, 9.17) is 0 Å². The van der Waals surface area contributed by atoms with Gasteiger partial charge in [-0.3, -0.25) is 24.0 Å². The molecule has 0 aromatic heterocycles. The molecule has 2 aliphatic heterocycles. The number of carbonyl (C=O) groups is 7. The number of amides is 6. The van der Waals surface area contributed by atoms with Gasteiger partial charge in [0.25, 0.3) is 5.91 Å². The Kier molecular flexibility index (Phi) is 13.9. The Morgan fingerprint density at radius 1 is 0.660 bits per heavy atom. The Labute approximate surface area is 309 Å². The van der Waals surface area contributed by atoms with Gasteiger partial charge in [0, 0.05) is 36.4 Å². The smallest absolute Gasteiger partial charge is 0.407 e. The highest BCUT2D eigenvalue weighted by Crippen LogP contribution is 2.24. The summed E-state index contributed by atoms with van der Waals surface area (Å²) >= 11 is 0. The van der Waals surface area contributed by atoms with Crippen molar-refractivity contribution in [3.05, 3.63) is 59.7 Å². The first-order chi connectivity index (χ1) is 25.2.